The van der Waals surface area contributed by atoms with E-state index in [1.807, 2.05) is 27.7 Å². The SMILES string of the molecule is CC1NCC1OC(=O)C(C)(C)C.Cl. The van der Waals surface area contributed by atoms with Crippen LogP contribution in [-0.2, 0) is 9.53 Å². The highest BCUT2D eigenvalue weighted by Crippen LogP contribution is 2.19. The van der Waals surface area contributed by atoms with Gasteiger partial charge in [0.25, 0.3) is 0 Å². The van der Waals surface area contributed by atoms with E-state index in [1.54, 1.807) is 0 Å². The predicted octanol–water partition coefficient (Wildman–Crippen LogP) is 1.36. The molecule has 0 aliphatic carbocycles. The summed E-state index contributed by atoms with van der Waals surface area (Å²) >= 11 is 0. The Balaban J connectivity index is 0.00000144. The molecule has 2 unspecified atom stereocenters. The number of carbonyl (C=O) groups excluding carboxylic acids is 1. The molecule has 1 heterocycles. The highest BCUT2D eigenvalue weighted by molar-refractivity contribution is 5.85. The first-order valence-electron chi connectivity index (χ1n) is 4.36. The van der Waals surface area contributed by atoms with Gasteiger partial charge in [-0.1, -0.05) is 0 Å². The Bertz CT molecular complexity index is 189. The second kappa shape index (κ2) is 4.29. The molecule has 1 rings (SSSR count). The van der Waals surface area contributed by atoms with Crippen LogP contribution in [0, 0.1) is 5.41 Å². The summed E-state index contributed by atoms with van der Waals surface area (Å²) in [5.41, 5.74) is -0.380. The summed E-state index contributed by atoms with van der Waals surface area (Å²) in [6.07, 6.45) is 0.0803. The first-order chi connectivity index (χ1) is 5.41. The molecule has 0 spiro atoms. The first-order valence-corrected chi connectivity index (χ1v) is 4.36. The zero-order valence-electron chi connectivity index (χ0n) is 8.59. The van der Waals surface area contributed by atoms with Gasteiger partial charge in [-0.05, 0) is 27.7 Å². The quantitative estimate of drug-likeness (QED) is 0.660. The molecule has 3 nitrogen and oxygen atoms in total. The Morgan fingerprint density at radius 2 is 2.00 bits per heavy atom. The Hall–Kier alpha value is -0.280. The summed E-state index contributed by atoms with van der Waals surface area (Å²) in [4.78, 5) is 11.4. The highest BCUT2D eigenvalue weighted by atomic mass is 35.5. The second-order valence-electron chi connectivity index (χ2n) is 4.39. The van der Waals surface area contributed by atoms with Crippen molar-refractivity contribution in [1.82, 2.24) is 5.32 Å². The number of ether oxygens (including phenoxy) is 1. The van der Waals surface area contributed by atoms with E-state index in [4.69, 9.17) is 4.74 Å². The van der Waals surface area contributed by atoms with Gasteiger partial charge in [0, 0.05) is 12.6 Å². The van der Waals surface area contributed by atoms with E-state index in [2.05, 4.69) is 5.32 Å². The van der Waals surface area contributed by atoms with Crippen LogP contribution in [0.2, 0.25) is 0 Å². The molecule has 4 heteroatoms. The van der Waals surface area contributed by atoms with Crippen molar-refractivity contribution in [1.29, 1.82) is 0 Å². The van der Waals surface area contributed by atoms with E-state index in [-0.39, 0.29) is 29.9 Å². The van der Waals surface area contributed by atoms with E-state index in [0.717, 1.165) is 6.54 Å². The van der Waals surface area contributed by atoms with Crippen molar-refractivity contribution in [2.24, 2.45) is 5.41 Å². The van der Waals surface area contributed by atoms with E-state index in [9.17, 15) is 4.79 Å². The summed E-state index contributed by atoms with van der Waals surface area (Å²) in [5.74, 6) is -0.110. The Morgan fingerprint density at radius 3 is 2.23 bits per heavy atom. The lowest BCUT2D eigenvalue weighted by Crippen LogP contribution is -2.58. The van der Waals surface area contributed by atoms with Gasteiger partial charge in [-0.3, -0.25) is 4.79 Å². The van der Waals surface area contributed by atoms with Crippen LogP contribution in [0.3, 0.4) is 0 Å². The fourth-order valence-electron chi connectivity index (χ4n) is 0.908. The summed E-state index contributed by atoms with van der Waals surface area (Å²) in [5, 5.41) is 3.14. The third kappa shape index (κ3) is 3.16. The summed E-state index contributed by atoms with van der Waals surface area (Å²) in [6, 6.07) is 0.316. The lowest BCUT2D eigenvalue weighted by atomic mass is 9.96. The van der Waals surface area contributed by atoms with Gasteiger partial charge >= 0.3 is 5.97 Å². The van der Waals surface area contributed by atoms with Gasteiger partial charge in [0.15, 0.2) is 0 Å². The molecule has 78 valence electrons. The summed E-state index contributed by atoms with van der Waals surface area (Å²) in [6.45, 7) is 8.41. The average molecular weight is 208 g/mol. The van der Waals surface area contributed by atoms with Gasteiger partial charge in [0.2, 0.25) is 0 Å². The number of halogens is 1. The molecule has 0 radical (unpaired) electrons. The van der Waals surface area contributed by atoms with Crippen LogP contribution in [0.4, 0.5) is 0 Å². The van der Waals surface area contributed by atoms with Crippen molar-refractivity contribution in [3.8, 4) is 0 Å². The molecule has 1 fully saturated rings. The minimum atomic E-state index is -0.380. The summed E-state index contributed by atoms with van der Waals surface area (Å²) < 4.78 is 5.26. The number of rotatable bonds is 1. The molecule has 0 aromatic carbocycles. The van der Waals surface area contributed by atoms with Crippen molar-refractivity contribution >= 4 is 18.4 Å². The van der Waals surface area contributed by atoms with Crippen molar-refractivity contribution < 1.29 is 9.53 Å². The monoisotopic (exact) mass is 207 g/mol. The third-order valence-electron chi connectivity index (χ3n) is 2.07. The number of carbonyl (C=O) groups is 1. The van der Waals surface area contributed by atoms with Crippen molar-refractivity contribution in [3.63, 3.8) is 0 Å². The molecular weight excluding hydrogens is 190 g/mol. The van der Waals surface area contributed by atoms with Crippen molar-refractivity contribution in [2.75, 3.05) is 6.54 Å². The largest absolute Gasteiger partial charge is 0.459 e. The smallest absolute Gasteiger partial charge is 0.311 e. The van der Waals surface area contributed by atoms with Gasteiger partial charge in [-0.15, -0.1) is 12.4 Å². The molecule has 1 N–H and O–H groups in total. The fraction of sp³-hybridized carbons (Fsp3) is 0.889. The maximum Gasteiger partial charge on any atom is 0.311 e. The number of hydrogen-bond donors (Lipinski definition) is 1. The molecule has 0 saturated carbocycles. The zero-order chi connectivity index (χ0) is 9.35. The lowest BCUT2D eigenvalue weighted by molar-refractivity contribution is -0.163. The van der Waals surface area contributed by atoms with Crippen LogP contribution in [0.1, 0.15) is 27.7 Å². The van der Waals surface area contributed by atoms with Gasteiger partial charge in [0.05, 0.1) is 5.41 Å². The average Bonchev–Trinajstić information content (AvgIpc) is 1.95. The lowest BCUT2D eigenvalue weighted by Gasteiger charge is -2.36. The van der Waals surface area contributed by atoms with Gasteiger partial charge in [-0.2, -0.15) is 0 Å². The normalized spacial score (nSPS) is 27.1. The zero-order valence-corrected chi connectivity index (χ0v) is 9.40. The van der Waals surface area contributed by atoms with E-state index in [0.29, 0.717) is 6.04 Å². The van der Waals surface area contributed by atoms with E-state index >= 15 is 0 Å². The van der Waals surface area contributed by atoms with Gasteiger partial charge < -0.3 is 10.1 Å². The number of esters is 1. The Morgan fingerprint density at radius 1 is 1.46 bits per heavy atom. The minimum absolute atomic E-state index is 0. The maximum absolute atomic E-state index is 11.4. The molecule has 0 aromatic rings. The Labute approximate surface area is 85.6 Å². The van der Waals surface area contributed by atoms with Gasteiger partial charge in [0.1, 0.15) is 6.10 Å². The molecule has 0 bridgehead atoms. The number of hydrogen-bond acceptors (Lipinski definition) is 3. The predicted molar refractivity (Wildman–Crippen MR) is 54.0 cm³/mol. The fourth-order valence-corrected chi connectivity index (χ4v) is 0.908. The topological polar surface area (TPSA) is 38.3 Å². The van der Waals surface area contributed by atoms with Crippen LogP contribution >= 0.6 is 12.4 Å². The highest BCUT2D eigenvalue weighted by Gasteiger charge is 2.33. The van der Waals surface area contributed by atoms with Crippen LogP contribution in [0.5, 0.6) is 0 Å². The molecule has 0 amide bonds. The van der Waals surface area contributed by atoms with E-state index in [1.165, 1.54) is 0 Å². The standard InChI is InChI=1S/C9H17NO2.ClH/c1-6-7(5-10-6)12-8(11)9(2,3)4;/h6-7,10H,5H2,1-4H3;1H. The minimum Gasteiger partial charge on any atom is -0.459 e. The van der Waals surface area contributed by atoms with E-state index < -0.39 is 0 Å². The maximum atomic E-state index is 11.4. The molecule has 2 atom stereocenters. The summed E-state index contributed by atoms with van der Waals surface area (Å²) in [7, 11) is 0. The van der Waals surface area contributed by atoms with Crippen LogP contribution in [0.25, 0.3) is 0 Å². The van der Waals surface area contributed by atoms with Gasteiger partial charge in [-0.25, -0.2) is 0 Å². The van der Waals surface area contributed by atoms with Crippen LogP contribution in [0.15, 0.2) is 0 Å². The first kappa shape index (κ1) is 12.7. The second-order valence-corrected chi connectivity index (χ2v) is 4.39. The van der Waals surface area contributed by atoms with Crippen LogP contribution < -0.4 is 5.32 Å². The van der Waals surface area contributed by atoms with Crippen LogP contribution in [-0.4, -0.2) is 24.7 Å². The Kier molecular flexibility index (Phi) is 4.20. The molecule has 1 aliphatic rings. The molecule has 13 heavy (non-hydrogen) atoms. The third-order valence-corrected chi connectivity index (χ3v) is 2.07. The number of nitrogens with one attached hydrogen (secondary N) is 1. The molecule has 0 aromatic heterocycles. The molecule has 1 aliphatic heterocycles. The molecule has 1 saturated heterocycles. The molecular formula is C9H18ClNO2. The van der Waals surface area contributed by atoms with Crippen molar-refractivity contribution in [2.45, 2.75) is 39.8 Å². The van der Waals surface area contributed by atoms with Crippen molar-refractivity contribution in [3.05, 3.63) is 0 Å².